The summed E-state index contributed by atoms with van der Waals surface area (Å²) in [4.78, 5) is 35.7. The molecule has 2 aliphatic rings. The van der Waals surface area contributed by atoms with Gasteiger partial charge in [-0.1, -0.05) is 60.7 Å². The number of fused-ring (bicyclic) bond motifs is 2. The Morgan fingerprint density at radius 2 is 1.32 bits per heavy atom. The summed E-state index contributed by atoms with van der Waals surface area (Å²) in [7, 11) is 0. The number of carbonyl (C=O) groups is 2. The van der Waals surface area contributed by atoms with Crippen molar-refractivity contribution in [1.82, 2.24) is 14.7 Å². The van der Waals surface area contributed by atoms with Crippen LogP contribution in [0.4, 0.5) is 21.0 Å². The first kappa shape index (κ1) is 24.9. The van der Waals surface area contributed by atoms with Crippen LogP contribution in [-0.4, -0.2) is 58.5 Å². The van der Waals surface area contributed by atoms with E-state index in [1.165, 1.54) is 11.1 Å². The average molecular weight is 497 g/mol. The van der Waals surface area contributed by atoms with E-state index in [9.17, 15) is 9.59 Å². The molecule has 2 aliphatic heterocycles. The molecule has 2 saturated heterocycles. The lowest BCUT2D eigenvalue weighted by Gasteiger charge is -2.51. The second kappa shape index (κ2) is 11.1. The molecule has 37 heavy (non-hydrogen) atoms. The highest BCUT2D eigenvalue weighted by Gasteiger charge is 2.43. The van der Waals surface area contributed by atoms with Crippen LogP contribution in [-0.2, 0) is 6.54 Å². The fraction of sp³-hybridized carbons (Fsp3) is 0.355. The van der Waals surface area contributed by atoms with Crippen molar-refractivity contribution in [3.63, 3.8) is 0 Å². The summed E-state index contributed by atoms with van der Waals surface area (Å²) in [5, 5.41) is 0. The van der Waals surface area contributed by atoms with E-state index in [0.717, 1.165) is 30.6 Å². The lowest BCUT2D eigenvalue weighted by atomic mass is 9.91. The number of piperidine rings is 1. The van der Waals surface area contributed by atoms with Gasteiger partial charge in [0.1, 0.15) is 0 Å². The Hall–Kier alpha value is -3.80. The normalized spacial score (nSPS) is 18.9. The maximum absolute atomic E-state index is 14.0. The summed E-state index contributed by atoms with van der Waals surface area (Å²) in [6, 6.07) is 28.0. The van der Waals surface area contributed by atoms with Crippen LogP contribution >= 0.6 is 0 Å². The highest BCUT2D eigenvalue weighted by molar-refractivity contribution is 5.99. The maximum atomic E-state index is 14.0. The first-order chi connectivity index (χ1) is 18.1. The van der Waals surface area contributed by atoms with Crippen LogP contribution in [0.15, 0.2) is 84.9 Å². The van der Waals surface area contributed by atoms with Crippen molar-refractivity contribution in [1.29, 1.82) is 0 Å². The van der Waals surface area contributed by atoms with Crippen LogP contribution in [0.5, 0.6) is 0 Å². The predicted octanol–water partition coefficient (Wildman–Crippen LogP) is 6.43. The highest BCUT2D eigenvalue weighted by Crippen LogP contribution is 2.33. The Bertz CT molecular complexity index is 1160. The fourth-order valence-corrected chi connectivity index (χ4v) is 5.71. The van der Waals surface area contributed by atoms with Gasteiger partial charge in [-0.15, -0.1) is 0 Å². The van der Waals surface area contributed by atoms with Gasteiger partial charge in [-0.2, -0.15) is 0 Å². The molecule has 0 N–H and O–H groups in total. The smallest absolute Gasteiger partial charge is 0.321 e. The number of rotatable bonds is 5. The van der Waals surface area contributed by atoms with E-state index in [1.54, 1.807) is 4.90 Å². The second-order valence-electron chi connectivity index (χ2n) is 10.1. The summed E-state index contributed by atoms with van der Waals surface area (Å²) in [5.74, 6) is 0. The van der Waals surface area contributed by atoms with E-state index in [-0.39, 0.29) is 24.1 Å². The molecule has 2 fully saturated rings. The van der Waals surface area contributed by atoms with Gasteiger partial charge in [0.15, 0.2) is 0 Å². The molecule has 2 heterocycles. The second-order valence-corrected chi connectivity index (χ2v) is 10.1. The quantitative estimate of drug-likeness (QED) is 0.408. The molecule has 0 radical (unpaired) electrons. The minimum atomic E-state index is -0.0337. The van der Waals surface area contributed by atoms with Gasteiger partial charge in [-0.3, -0.25) is 4.90 Å². The molecule has 2 atom stereocenters. The van der Waals surface area contributed by atoms with Crippen molar-refractivity contribution in [3.05, 3.63) is 96.1 Å². The van der Waals surface area contributed by atoms with Crippen molar-refractivity contribution in [2.75, 3.05) is 24.5 Å². The summed E-state index contributed by atoms with van der Waals surface area (Å²) >= 11 is 0. The number of hydrogen-bond acceptors (Lipinski definition) is 2. The summed E-state index contributed by atoms with van der Waals surface area (Å²) in [6.07, 6.45) is 2.93. The largest absolute Gasteiger partial charge is 0.329 e. The van der Waals surface area contributed by atoms with E-state index in [0.29, 0.717) is 26.2 Å². The molecule has 3 aromatic rings. The van der Waals surface area contributed by atoms with Crippen molar-refractivity contribution >= 4 is 23.4 Å². The number of aryl methyl sites for hydroxylation is 1. The molecule has 3 aromatic carbocycles. The number of carbonyl (C=O) groups excluding carboxylic acids is 2. The van der Waals surface area contributed by atoms with Gasteiger partial charge in [-0.05, 0) is 68.5 Å². The summed E-state index contributed by atoms with van der Waals surface area (Å²) < 4.78 is 0. The van der Waals surface area contributed by atoms with E-state index in [1.807, 2.05) is 89.5 Å². The van der Waals surface area contributed by atoms with Crippen LogP contribution in [0, 0.1) is 6.92 Å². The van der Waals surface area contributed by atoms with Crippen molar-refractivity contribution in [2.24, 2.45) is 0 Å². The third-order valence-electron chi connectivity index (χ3n) is 7.71. The topological polar surface area (TPSA) is 47.1 Å². The number of hydrogen-bond donors (Lipinski definition) is 0. The third-order valence-corrected chi connectivity index (χ3v) is 7.71. The van der Waals surface area contributed by atoms with Crippen molar-refractivity contribution in [3.8, 4) is 0 Å². The molecule has 0 saturated carbocycles. The first-order valence-electron chi connectivity index (χ1n) is 13.4. The van der Waals surface area contributed by atoms with E-state index >= 15 is 0 Å². The summed E-state index contributed by atoms with van der Waals surface area (Å²) in [6.45, 7) is 6.51. The minimum absolute atomic E-state index is 0.0308. The Morgan fingerprint density at radius 1 is 0.784 bits per heavy atom. The van der Waals surface area contributed by atoms with Gasteiger partial charge in [0.05, 0.1) is 23.5 Å². The monoisotopic (exact) mass is 496 g/mol. The molecule has 2 bridgehead atoms. The van der Waals surface area contributed by atoms with Gasteiger partial charge in [0.2, 0.25) is 0 Å². The standard InChI is InChI=1S/C31H36N4O2/c1-3-32(21-25-14-11-10-13-24(25)2)30(36)35-28-19-12-20-29(35)23-33(22-28)31(37)34(26-15-6-4-7-16-26)27-17-8-5-9-18-27/h4-11,13-18,28-29H,3,12,19-23H2,1-2H3. The zero-order valence-corrected chi connectivity index (χ0v) is 21.8. The number of likely N-dealkylation sites (tertiary alicyclic amines) is 1. The lowest BCUT2D eigenvalue weighted by molar-refractivity contribution is 0.0214. The molecule has 4 amide bonds. The molecule has 6 heteroatoms. The van der Waals surface area contributed by atoms with Crippen LogP contribution in [0.3, 0.4) is 0 Å². The Kier molecular flexibility index (Phi) is 7.45. The molecule has 192 valence electrons. The number of nitrogens with zero attached hydrogens (tertiary/aromatic N) is 4. The Balaban J connectivity index is 1.36. The van der Waals surface area contributed by atoms with Gasteiger partial charge in [0.25, 0.3) is 0 Å². The predicted molar refractivity (Wildman–Crippen MR) is 148 cm³/mol. The maximum Gasteiger partial charge on any atom is 0.329 e. The zero-order chi connectivity index (χ0) is 25.8. The molecule has 0 aromatic heterocycles. The zero-order valence-electron chi connectivity index (χ0n) is 21.8. The van der Waals surface area contributed by atoms with Crippen LogP contribution < -0.4 is 4.90 Å². The molecule has 0 spiro atoms. The van der Waals surface area contributed by atoms with Crippen LogP contribution in [0.2, 0.25) is 0 Å². The fourth-order valence-electron chi connectivity index (χ4n) is 5.71. The molecule has 6 nitrogen and oxygen atoms in total. The van der Waals surface area contributed by atoms with Crippen molar-refractivity contribution in [2.45, 2.75) is 51.7 Å². The van der Waals surface area contributed by atoms with Crippen LogP contribution in [0.1, 0.15) is 37.3 Å². The van der Waals surface area contributed by atoms with Gasteiger partial charge in [0, 0.05) is 26.2 Å². The van der Waals surface area contributed by atoms with Crippen molar-refractivity contribution < 1.29 is 9.59 Å². The Labute approximate surface area is 220 Å². The van der Waals surface area contributed by atoms with Gasteiger partial charge < -0.3 is 14.7 Å². The SMILES string of the molecule is CCN(Cc1ccccc1C)C(=O)N1C2CCCC1CN(C(=O)N(c1ccccc1)c1ccccc1)C2. The molecule has 5 rings (SSSR count). The summed E-state index contributed by atoms with van der Waals surface area (Å²) in [5.41, 5.74) is 4.07. The van der Waals surface area contributed by atoms with E-state index in [2.05, 4.69) is 24.0 Å². The number of anilines is 2. The third kappa shape index (κ3) is 5.19. The number of amides is 4. The Morgan fingerprint density at radius 3 is 1.86 bits per heavy atom. The first-order valence-corrected chi connectivity index (χ1v) is 13.4. The molecular formula is C31H36N4O2. The van der Waals surface area contributed by atoms with E-state index < -0.39 is 0 Å². The highest BCUT2D eigenvalue weighted by atomic mass is 16.2. The number of piperazine rings is 1. The number of para-hydroxylation sites is 2. The average Bonchev–Trinajstić information content (AvgIpc) is 2.93. The van der Waals surface area contributed by atoms with Gasteiger partial charge >= 0.3 is 12.1 Å². The number of benzene rings is 3. The lowest BCUT2D eigenvalue weighted by Crippen LogP contribution is -2.66. The van der Waals surface area contributed by atoms with Gasteiger partial charge in [-0.25, -0.2) is 9.59 Å². The number of urea groups is 2. The molecule has 2 unspecified atom stereocenters. The van der Waals surface area contributed by atoms with Crippen LogP contribution in [0.25, 0.3) is 0 Å². The van der Waals surface area contributed by atoms with E-state index in [4.69, 9.17) is 0 Å². The minimum Gasteiger partial charge on any atom is -0.321 e. The molecular weight excluding hydrogens is 460 g/mol. The molecule has 0 aliphatic carbocycles.